The standard InChI is InChI=1S/C12H22BrN3/c1-9-11(13)10(16(5)15-9)8-12(2,3)6-7-14-4/h14H,6-8H2,1-5H3. The number of nitrogens with zero attached hydrogens (tertiary/aromatic N) is 2. The van der Waals surface area contributed by atoms with E-state index in [2.05, 4.69) is 40.2 Å². The topological polar surface area (TPSA) is 29.9 Å². The molecule has 4 heteroatoms. The highest BCUT2D eigenvalue weighted by atomic mass is 79.9. The molecule has 0 atom stereocenters. The van der Waals surface area contributed by atoms with Crippen molar-refractivity contribution in [3.63, 3.8) is 0 Å². The Morgan fingerprint density at radius 3 is 2.50 bits per heavy atom. The number of aromatic nitrogens is 2. The van der Waals surface area contributed by atoms with Crippen LogP contribution in [0.5, 0.6) is 0 Å². The van der Waals surface area contributed by atoms with Crippen LogP contribution in [0.2, 0.25) is 0 Å². The van der Waals surface area contributed by atoms with Gasteiger partial charge in [-0.25, -0.2) is 0 Å². The number of halogens is 1. The number of hydrogen-bond donors (Lipinski definition) is 1. The molecule has 16 heavy (non-hydrogen) atoms. The Bertz CT molecular complexity index is 355. The summed E-state index contributed by atoms with van der Waals surface area (Å²) in [6, 6.07) is 0. The first-order valence-corrected chi connectivity index (χ1v) is 6.49. The van der Waals surface area contributed by atoms with Crippen LogP contribution in [0.1, 0.15) is 31.7 Å². The molecule has 0 radical (unpaired) electrons. The van der Waals surface area contributed by atoms with E-state index in [1.807, 2.05) is 25.7 Å². The molecular formula is C12H22BrN3. The maximum atomic E-state index is 4.43. The van der Waals surface area contributed by atoms with Gasteiger partial charge in [0.15, 0.2) is 0 Å². The molecule has 0 unspecified atom stereocenters. The van der Waals surface area contributed by atoms with E-state index in [4.69, 9.17) is 0 Å². The van der Waals surface area contributed by atoms with Gasteiger partial charge in [0, 0.05) is 7.05 Å². The van der Waals surface area contributed by atoms with Crippen molar-refractivity contribution in [2.45, 2.75) is 33.6 Å². The van der Waals surface area contributed by atoms with Gasteiger partial charge in [0.2, 0.25) is 0 Å². The summed E-state index contributed by atoms with van der Waals surface area (Å²) in [6.45, 7) is 7.70. The summed E-state index contributed by atoms with van der Waals surface area (Å²) in [6.07, 6.45) is 2.22. The van der Waals surface area contributed by atoms with Crippen molar-refractivity contribution in [3.05, 3.63) is 15.9 Å². The molecule has 0 bridgehead atoms. The van der Waals surface area contributed by atoms with Gasteiger partial charge < -0.3 is 5.32 Å². The summed E-state index contributed by atoms with van der Waals surface area (Å²) in [7, 11) is 4.02. The third kappa shape index (κ3) is 3.32. The lowest BCUT2D eigenvalue weighted by Gasteiger charge is -2.24. The SMILES string of the molecule is CNCCC(C)(C)Cc1c(Br)c(C)nn1C. The van der Waals surface area contributed by atoms with Gasteiger partial charge >= 0.3 is 0 Å². The molecule has 1 aromatic heterocycles. The minimum absolute atomic E-state index is 0.297. The Morgan fingerprint density at radius 2 is 2.06 bits per heavy atom. The van der Waals surface area contributed by atoms with E-state index in [9.17, 15) is 0 Å². The van der Waals surface area contributed by atoms with Crippen LogP contribution >= 0.6 is 15.9 Å². The summed E-state index contributed by atoms with van der Waals surface area (Å²) in [5, 5.41) is 7.64. The molecule has 1 rings (SSSR count). The molecule has 0 aromatic carbocycles. The van der Waals surface area contributed by atoms with Gasteiger partial charge in [-0.1, -0.05) is 13.8 Å². The predicted molar refractivity (Wildman–Crippen MR) is 71.7 cm³/mol. The van der Waals surface area contributed by atoms with Crippen LogP contribution in [0.4, 0.5) is 0 Å². The van der Waals surface area contributed by atoms with Gasteiger partial charge in [-0.15, -0.1) is 0 Å². The largest absolute Gasteiger partial charge is 0.320 e. The highest BCUT2D eigenvalue weighted by Crippen LogP contribution is 2.30. The maximum Gasteiger partial charge on any atom is 0.0738 e. The normalized spacial score (nSPS) is 12.1. The highest BCUT2D eigenvalue weighted by molar-refractivity contribution is 9.10. The Balaban J connectivity index is 2.79. The van der Waals surface area contributed by atoms with E-state index in [1.54, 1.807) is 0 Å². The van der Waals surface area contributed by atoms with E-state index in [0.29, 0.717) is 5.41 Å². The number of hydrogen-bond acceptors (Lipinski definition) is 2. The number of nitrogens with one attached hydrogen (secondary N) is 1. The minimum Gasteiger partial charge on any atom is -0.320 e. The predicted octanol–water partition coefficient (Wildman–Crippen LogP) is 2.67. The number of rotatable bonds is 5. The third-order valence-electron chi connectivity index (χ3n) is 2.96. The van der Waals surface area contributed by atoms with Crippen LogP contribution in [-0.4, -0.2) is 23.4 Å². The summed E-state index contributed by atoms with van der Waals surface area (Å²) >= 11 is 3.62. The molecule has 0 fully saturated rings. The van der Waals surface area contributed by atoms with Crippen molar-refractivity contribution in [2.24, 2.45) is 12.5 Å². The highest BCUT2D eigenvalue weighted by Gasteiger charge is 2.22. The second kappa shape index (κ2) is 5.32. The van der Waals surface area contributed by atoms with Crippen molar-refractivity contribution in [1.29, 1.82) is 0 Å². The van der Waals surface area contributed by atoms with Crippen LogP contribution in [0, 0.1) is 12.3 Å². The fraction of sp³-hybridized carbons (Fsp3) is 0.750. The zero-order valence-corrected chi connectivity index (χ0v) is 12.5. The molecule has 0 amide bonds. The summed E-state index contributed by atoms with van der Waals surface area (Å²) in [4.78, 5) is 0. The fourth-order valence-corrected chi connectivity index (χ4v) is 2.35. The smallest absolute Gasteiger partial charge is 0.0738 e. The second-order valence-corrected chi connectivity index (χ2v) is 5.96. The van der Waals surface area contributed by atoms with E-state index < -0.39 is 0 Å². The van der Waals surface area contributed by atoms with Gasteiger partial charge in [-0.05, 0) is 54.7 Å². The lowest BCUT2D eigenvalue weighted by Crippen LogP contribution is -2.23. The molecule has 0 saturated heterocycles. The van der Waals surface area contributed by atoms with Crippen LogP contribution in [0.25, 0.3) is 0 Å². The summed E-state index contributed by atoms with van der Waals surface area (Å²) in [5.41, 5.74) is 2.66. The van der Waals surface area contributed by atoms with Crippen molar-refractivity contribution < 1.29 is 0 Å². The Kier molecular flexibility index (Phi) is 4.56. The van der Waals surface area contributed by atoms with Crippen molar-refractivity contribution in [2.75, 3.05) is 13.6 Å². The zero-order chi connectivity index (χ0) is 12.3. The first-order chi connectivity index (χ1) is 7.37. The van der Waals surface area contributed by atoms with E-state index in [0.717, 1.165) is 23.1 Å². The molecule has 1 aromatic rings. The monoisotopic (exact) mass is 287 g/mol. The maximum absolute atomic E-state index is 4.43. The first kappa shape index (κ1) is 13.7. The van der Waals surface area contributed by atoms with Crippen LogP contribution in [0.15, 0.2) is 4.47 Å². The Labute approximate surface area is 107 Å². The fourth-order valence-electron chi connectivity index (χ4n) is 1.88. The zero-order valence-electron chi connectivity index (χ0n) is 10.9. The Hall–Kier alpha value is -0.350. The van der Waals surface area contributed by atoms with Crippen molar-refractivity contribution in [3.8, 4) is 0 Å². The van der Waals surface area contributed by atoms with Crippen LogP contribution < -0.4 is 5.32 Å². The molecule has 0 spiro atoms. The van der Waals surface area contributed by atoms with Crippen LogP contribution in [-0.2, 0) is 13.5 Å². The average molecular weight is 288 g/mol. The van der Waals surface area contributed by atoms with Gasteiger partial charge in [0.1, 0.15) is 0 Å². The first-order valence-electron chi connectivity index (χ1n) is 5.70. The van der Waals surface area contributed by atoms with Crippen molar-refractivity contribution >= 4 is 15.9 Å². The molecule has 3 nitrogen and oxygen atoms in total. The molecule has 1 heterocycles. The summed E-state index contributed by atoms with van der Waals surface area (Å²) in [5.74, 6) is 0. The molecule has 92 valence electrons. The average Bonchev–Trinajstić information content (AvgIpc) is 2.42. The molecule has 1 N–H and O–H groups in total. The second-order valence-electron chi connectivity index (χ2n) is 5.16. The van der Waals surface area contributed by atoms with E-state index in [1.165, 1.54) is 12.1 Å². The Morgan fingerprint density at radius 1 is 1.44 bits per heavy atom. The summed E-state index contributed by atoms with van der Waals surface area (Å²) < 4.78 is 3.15. The molecule has 0 aliphatic heterocycles. The molecule has 0 saturated carbocycles. The van der Waals surface area contributed by atoms with Gasteiger partial charge in [0.25, 0.3) is 0 Å². The van der Waals surface area contributed by atoms with E-state index >= 15 is 0 Å². The number of aryl methyl sites for hydroxylation is 2. The van der Waals surface area contributed by atoms with Crippen LogP contribution in [0.3, 0.4) is 0 Å². The van der Waals surface area contributed by atoms with Gasteiger partial charge in [-0.3, -0.25) is 4.68 Å². The lowest BCUT2D eigenvalue weighted by molar-refractivity contribution is 0.321. The lowest BCUT2D eigenvalue weighted by atomic mass is 9.84. The van der Waals surface area contributed by atoms with Crippen molar-refractivity contribution in [1.82, 2.24) is 15.1 Å². The minimum atomic E-state index is 0.297. The molecule has 0 aliphatic carbocycles. The van der Waals surface area contributed by atoms with E-state index in [-0.39, 0.29) is 0 Å². The molecular weight excluding hydrogens is 266 g/mol. The molecule has 0 aliphatic rings. The third-order valence-corrected chi connectivity index (χ3v) is 3.99. The quantitative estimate of drug-likeness (QED) is 0.902. The van der Waals surface area contributed by atoms with Gasteiger partial charge in [-0.2, -0.15) is 5.10 Å². The van der Waals surface area contributed by atoms with Gasteiger partial charge in [0.05, 0.1) is 15.9 Å².